The fourth-order valence-corrected chi connectivity index (χ4v) is 2.28. The maximum Gasteiger partial charge on any atom is 0.303 e. The minimum atomic E-state index is -0.157. The molecule has 12 heavy (non-hydrogen) atoms. The third-order valence-corrected chi connectivity index (χ3v) is 2.85. The SMILES string of the molecule is CC(=O)O[C@@H]1C=C[C@H]2CC[C@@H]1C2. The summed E-state index contributed by atoms with van der Waals surface area (Å²) in [5, 5.41) is 0. The Morgan fingerprint density at radius 1 is 1.42 bits per heavy atom. The fraction of sp³-hybridized carbons (Fsp3) is 0.700. The first kappa shape index (κ1) is 7.84. The van der Waals surface area contributed by atoms with E-state index in [-0.39, 0.29) is 12.1 Å². The highest BCUT2D eigenvalue weighted by Crippen LogP contribution is 2.39. The number of rotatable bonds is 1. The normalized spacial score (nSPS) is 38.2. The number of allylic oxidation sites excluding steroid dienone is 1. The summed E-state index contributed by atoms with van der Waals surface area (Å²) in [5.74, 6) is 1.21. The van der Waals surface area contributed by atoms with E-state index in [2.05, 4.69) is 12.2 Å². The van der Waals surface area contributed by atoms with Crippen LogP contribution in [-0.2, 0) is 9.53 Å². The number of esters is 1. The molecule has 0 radical (unpaired) electrons. The van der Waals surface area contributed by atoms with Gasteiger partial charge in [0.05, 0.1) is 0 Å². The van der Waals surface area contributed by atoms with E-state index in [1.165, 1.54) is 26.2 Å². The first-order valence-electron chi connectivity index (χ1n) is 4.61. The topological polar surface area (TPSA) is 26.3 Å². The largest absolute Gasteiger partial charge is 0.458 e. The smallest absolute Gasteiger partial charge is 0.303 e. The number of carbonyl (C=O) groups excluding carboxylic acids is 1. The van der Waals surface area contributed by atoms with E-state index >= 15 is 0 Å². The van der Waals surface area contributed by atoms with Gasteiger partial charge in [0.15, 0.2) is 0 Å². The van der Waals surface area contributed by atoms with Gasteiger partial charge in [-0.3, -0.25) is 4.79 Å². The van der Waals surface area contributed by atoms with E-state index in [0.717, 1.165) is 5.92 Å². The van der Waals surface area contributed by atoms with E-state index in [1.54, 1.807) is 0 Å². The maximum absolute atomic E-state index is 10.7. The van der Waals surface area contributed by atoms with Crippen LogP contribution in [0.15, 0.2) is 12.2 Å². The van der Waals surface area contributed by atoms with Gasteiger partial charge in [-0.25, -0.2) is 0 Å². The van der Waals surface area contributed by atoms with Crippen LogP contribution in [0.5, 0.6) is 0 Å². The lowest BCUT2D eigenvalue weighted by atomic mass is 9.93. The van der Waals surface area contributed by atoms with Crippen molar-refractivity contribution in [2.75, 3.05) is 0 Å². The zero-order chi connectivity index (χ0) is 8.55. The molecule has 1 fully saturated rings. The minimum Gasteiger partial charge on any atom is -0.458 e. The predicted octanol–water partition coefficient (Wildman–Crippen LogP) is 1.90. The quantitative estimate of drug-likeness (QED) is 0.439. The van der Waals surface area contributed by atoms with Crippen molar-refractivity contribution >= 4 is 5.97 Å². The van der Waals surface area contributed by atoms with Crippen LogP contribution in [0.3, 0.4) is 0 Å². The monoisotopic (exact) mass is 166 g/mol. The molecule has 3 atom stereocenters. The van der Waals surface area contributed by atoms with Gasteiger partial charge >= 0.3 is 5.97 Å². The molecule has 0 spiro atoms. The highest BCUT2D eigenvalue weighted by molar-refractivity contribution is 5.66. The summed E-state index contributed by atoms with van der Waals surface area (Å²) in [4.78, 5) is 10.7. The molecule has 0 N–H and O–H groups in total. The zero-order valence-electron chi connectivity index (χ0n) is 7.32. The standard InChI is InChI=1S/C10H14O2/c1-7(11)12-10-5-3-8-2-4-9(10)6-8/h3,5,8-10H,2,4,6H2,1H3/t8-,9-,10-/m1/s1. The summed E-state index contributed by atoms with van der Waals surface area (Å²) >= 11 is 0. The second kappa shape index (κ2) is 2.92. The molecule has 2 aliphatic carbocycles. The van der Waals surface area contributed by atoms with E-state index in [4.69, 9.17) is 4.74 Å². The van der Waals surface area contributed by atoms with Crippen molar-refractivity contribution in [3.05, 3.63) is 12.2 Å². The van der Waals surface area contributed by atoms with Crippen LogP contribution in [0.1, 0.15) is 26.2 Å². The molecule has 0 aromatic rings. The number of ether oxygens (including phenoxy) is 1. The third kappa shape index (κ3) is 1.38. The van der Waals surface area contributed by atoms with Gasteiger partial charge in [0.1, 0.15) is 6.10 Å². The van der Waals surface area contributed by atoms with Crippen molar-refractivity contribution in [3.63, 3.8) is 0 Å². The Balaban J connectivity index is 2.02. The number of carbonyl (C=O) groups is 1. The molecule has 0 aliphatic heterocycles. The average molecular weight is 166 g/mol. The lowest BCUT2D eigenvalue weighted by Crippen LogP contribution is -2.24. The number of fused-ring (bicyclic) bond motifs is 2. The Morgan fingerprint density at radius 3 is 3.00 bits per heavy atom. The second-order valence-electron chi connectivity index (χ2n) is 3.79. The van der Waals surface area contributed by atoms with E-state index in [1.807, 2.05) is 0 Å². The van der Waals surface area contributed by atoms with Gasteiger partial charge in [-0.05, 0) is 31.3 Å². The van der Waals surface area contributed by atoms with Crippen LogP contribution in [-0.4, -0.2) is 12.1 Å². The average Bonchev–Trinajstić information content (AvgIpc) is 2.39. The van der Waals surface area contributed by atoms with Crippen molar-refractivity contribution in [2.24, 2.45) is 11.8 Å². The molecule has 0 unspecified atom stereocenters. The van der Waals surface area contributed by atoms with Crippen LogP contribution in [0.2, 0.25) is 0 Å². The van der Waals surface area contributed by atoms with Crippen molar-refractivity contribution < 1.29 is 9.53 Å². The van der Waals surface area contributed by atoms with Crippen LogP contribution >= 0.6 is 0 Å². The van der Waals surface area contributed by atoms with Crippen LogP contribution in [0.4, 0.5) is 0 Å². The summed E-state index contributed by atoms with van der Waals surface area (Å²) in [6.45, 7) is 1.48. The highest BCUT2D eigenvalue weighted by atomic mass is 16.5. The molecule has 2 rings (SSSR count). The van der Waals surface area contributed by atoms with Gasteiger partial charge in [0, 0.05) is 12.8 Å². The van der Waals surface area contributed by atoms with Crippen molar-refractivity contribution in [3.8, 4) is 0 Å². The molecule has 0 aromatic heterocycles. The summed E-state index contributed by atoms with van der Waals surface area (Å²) < 4.78 is 5.20. The Bertz CT molecular complexity index is 220. The Labute approximate surface area is 72.6 Å². The van der Waals surface area contributed by atoms with Gasteiger partial charge in [0.25, 0.3) is 0 Å². The van der Waals surface area contributed by atoms with Crippen LogP contribution in [0.25, 0.3) is 0 Å². The zero-order valence-corrected chi connectivity index (χ0v) is 7.32. The van der Waals surface area contributed by atoms with E-state index < -0.39 is 0 Å². The van der Waals surface area contributed by atoms with Gasteiger partial charge < -0.3 is 4.74 Å². The fourth-order valence-electron chi connectivity index (χ4n) is 2.28. The lowest BCUT2D eigenvalue weighted by molar-refractivity contribution is -0.146. The van der Waals surface area contributed by atoms with Crippen LogP contribution < -0.4 is 0 Å². The molecule has 2 heteroatoms. The summed E-state index contributed by atoms with van der Waals surface area (Å²) in [5.41, 5.74) is 0. The molecule has 2 bridgehead atoms. The molecule has 1 saturated carbocycles. The Kier molecular flexibility index (Phi) is 1.91. The molecular weight excluding hydrogens is 152 g/mol. The molecule has 0 amide bonds. The van der Waals surface area contributed by atoms with Crippen molar-refractivity contribution in [1.82, 2.24) is 0 Å². The van der Waals surface area contributed by atoms with E-state index in [0.29, 0.717) is 5.92 Å². The number of hydrogen-bond acceptors (Lipinski definition) is 2. The predicted molar refractivity (Wildman–Crippen MR) is 45.5 cm³/mol. The van der Waals surface area contributed by atoms with Crippen molar-refractivity contribution in [1.29, 1.82) is 0 Å². The van der Waals surface area contributed by atoms with Crippen molar-refractivity contribution in [2.45, 2.75) is 32.3 Å². The first-order valence-corrected chi connectivity index (χ1v) is 4.61. The second-order valence-corrected chi connectivity index (χ2v) is 3.79. The highest BCUT2D eigenvalue weighted by Gasteiger charge is 2.33. The van der Waals surface area contributed by atoms with E-state index in [9.17, 15) is 4.79 Å². The molecule has 0 heterocycles. The third-order valence-electron chi connectivity index (χ3n) is 2.85. The Morgan fingerprint density at radius 2 is 2.25 bits per heavy atom. The molecular formula is C10H14O2. The Hall–Kier alpha value is -0.790. The molecule has 2 aliphatic rings. The maximum atomic E-state index is 10.7. The van der Waals surface area contributed by atoms with Gasteiger partial charge in [-0.1, -0.05) is 6.08 Å². The summed E-state index contributed by atoms with van der Waals surface area (Å²) in [6.07, 6.45) is 8.05. The minimum absolute atomic E-state index is 0.0706. The molecule has 0 aromatic carbocycles. The summed E-state index contributed by atoms with van der Waals surface area (Å²) in [7, 11) is 0. The lowest BCUT2D eigenvalue weighted by Gasteiger charge is -2.23. The molecule has 0 saturated heterocycles. The number of hydrogen-bond donors (Lipinski definition) is 0. The molecule has 2 nitrogen and oxygen atoms in total. The molecule has 66 valence electrons. The van der Waals surface area contributed by atoms with Crippen LogP contribution in [0, 0.1) is 11.8 Å². The first-order chi connectivity index (χ1) is 5.75. The van der Waals surface area contributed by atoms with Gasteiger partial charge in [-0.15, -0.1) is 0 Å². The van der Waals surface area contributed by atoms with Gasteiger partial charge in [-0.2, -0.15) is 0 Å². The van der Waals surface area contributed by atoms with Gasteiger partial charge in [0.2, 0.25) is 0 Å². The summed E-state index contributed by atoms with van der Waals surface area (Å²) in [6, 6.07) is 0.